The molecule has 4 saturated carbocycles. The van der Waals surface area contributed by atoms with Gasteiger partial charge < -0.3 is 5.32 Å². The fourth-order valence-electron chi connectivity index (χ4n) is 7.30. The summed E-state index contributed by atoms with van der Waals surface area (Å²) < 4.78 is 0. The fourth-order valence-corrected chi connectivity index (χ4v) is 8.28. The number of anilines is 1. The van der Waals surface area contributed by atoms with Gasteiger partial charge in [-0.1, -0.05) is 38.0 Å². The molecule has 0 aromatic carbocycles. The van der Waals surface area contributed by atoms with Crippen molar-refractivity contribution in [3.8, 4) is 0 Å². The van der Waals surface area contributed by atoms with Gasteiger partial charge in [0, 0.05) is 5.41 Å². The molecule has 1 saturated heterocycles. The Kier molecular flexibility index (Phi) is 5.50. The highest BCUT2D eigenvalue weighted by molar-refractivity contribution is 7.15. The van der Waals surface area contributed by atoms with Gasteiger partial charge in [-0.15, -0.1) is 10.2 Å². The van der Waals surface area contributed by atoms with Crippen LogP contribution in [0.4, 0.5) is 9.93 Å². The summed E-state index contributed by atoms with van der Waals surface area (Å²) in [7, 11) is 0. The highest BCUT2D eigenvalue weighted by Gasteiger charge is 2.53. The predicted octanol–water partition coefficient (Wildman–Crippen LogP) is 3.84. The zero-order chi connectivity index (χ0) is 22.5. The molecule has 0 spiro atoms. The van der Waals surface area contributed by atoms with Gasteiger partial charge in [-0.25, -0.2) is 4.79 Å². The maximum Gasteiger partial charge on any atom is 0.325 e. The molecule has 1 aromatic heterocycles. The number of carbonyl (C=O) groups excluding carboxylic acids is 3. The van der Waals surface area contributed by atoms with Gasteiger partial charge in [0.1, 0.15) is 17.1 Å². The Morgan fingerprint density at radius 3 is 2.22 bits per heavy atom. The molecule has 9 heteroatoms. The van der Waals surface area contributed by atoms with E-state index in [1.165, 1.54) is 49.9 Å². The number of hydrogen-bond donors (Lipinski definition) is 2. The molecule has 4 amide bonds. The number of imide groups is 1. The summed E-state index contributed by atoms with van der Waals surface area (Å²) in [6, 6.07) is -0.487. The van der Waals surface area contributed by atoms with Crippen molar-refractivity contribution >= 4 is 34.3 Å². The summed E-state index contributed by atoms with van der Waals surface area (Å²) in [6.45, 7) is 3.68. The van der Waals surface area contributed by atoms with Crippen molar-refractivity contribution in [3.05, 3.63) is 5.01 Å². The van der Waals surface area contributed by atoms with Crippen LogP contribution in [0.15, 0.2) is 0 Å². The lowest BCUT2D eigenvalue weighted by atomic mass is 9.50. The molecule has 4 bridgehead atoms. The van der Waals surface area contributed by atoms with Gasteiger partial charge in [-0.05, 0) is 69.1 Å². The van der Waals surface area contributed by atoms with Crippen LogP contribution in [0.1, 0.15) is 83.1 Å². The summed E-state index contributed by atoms with van der Waals surface area (Å²) in [5.74, 6) is 1.73. The molecule has 2 heterocycles. The molecule has 5 fully saturated rings. The molecule has 5 aliphatic rings. The molecular weight excluding hydrogens is 426 g/mol. The summed E-state index contributed by atoms with van der Waals surface area (Å²) in [5.41, 5.74) is -0.741. The Labute approximate surface area is 192 Å². The smallest absolute Gasteiger partial charge is 0.323 e. The molecule has 4 aliphatic carbocycles. The Hall–Kier alpha value is -2.03. The molecule has 8 nitrogen and oxygen atoms in total. The van der Waals surface area contributed by atoms with Crippen LogP contribution in [0.5, 0.6) is 0 Å². The van der Waals surface area contributed by atoms with Crippen molar-refractivity contribution in [2.75, 3.05) is 11.9 Å². The van der Waals surface area contributed by atoms with Crippen molar-refractivity contribution < 1.29 is 14.4 Å². The molecule has 1 aliphatic heterocycles. The average Bonchev–Trinajstić information content (AvgIpc) is 3.27. The van der Waals surface area contributed by atoms with E-state index in [0.717, 1.165) is 40.5 Å². The fraction of sp³-hybridized carbons (Fsp3) is 0.783. The van der Waals surface area contributed by atoms with Gasteiger partial charge in [-0.2, -0.15) is 0 Å². The van der Waals surface area contributed by atoms with Crippen LogP contribution in [-0.2, 0) is 15.0 Å². The van der Waals surface area contributed by atoms with E-state index in [1.54, 1.807) is 0 Å². The molecule has 0 radical (unpaired) electrons. The average molecular weight is 460 g/mol. The SMILES string of the molecule is CCCC1(CCC)NC(=O)N(CC(=O)Nc2nnc(C34CC5CC(CC(C5)C3)C4)s2)C1=O. The Morgan fingerprint density at radius 1 is 1.06 bits per heavy atom. The first-order chi connectivity index (χ1) is 15.4. The first-order valence-corrected chi connectivity index (χ1v) is 13.0. The molecular formula is C23H33N5O3S. The monoisotopic (exact) mass is 459 g/mol. The number of amides is 4. The normalized spacial score (nSPS) is 32.4. The van der Waals surface area contributed by atoms with E-state index in [0.29, 0.717) is 18.0 Å². The van der Waals surface area contributed by atoms with Gasteiger partial charge in [0.05, 0.1) is 0 Å². The Balaban J connectivity index is 1.24. The second-order valence-corrected chi connectivity index (χ2v) is 11.5. The van der Waals surface area contributed by atoms with E-state index in [2.05, 4.69) is 20.8 Å². The topological polar surface area (TPSA) is 104 Å². The van der Waals surface area contributed by atoms with Gasteiger partial charge in [0.15, 0.2) is 0 Å². The van der Waals surface area contributed by atoms with E-state index in [9.17, 15) is 14.4 Å². The van der Waals surface area contributed by atoms with Crippen molar-refractivity contribution in [2.24, 2.45) is 17.8 Å². The van der Waals surface area contributed by atoms with E-state index < -0.39 is 17.5 Å². The van der Waals surface area contributed by atoms with Crippen molar-refractivity contribution in [1.82, 2.24) is 20.4 Å². The lowest BCUT2D eigenvalue weighted by Gasteiger charge is -2.55. The molecule has 174 valence electrons. The zero-order valence-corrected chi connectivity index (χ0v) is 19.8. The predicted molar refractivity (Wildman–Crippen MR) is 121 cm³/mol. The third-order valence-electron chi connectivity index (χ3n) is 8.06. The summed E-state index contributed by atoms with van der Waals surface area (Å²) in [5, 5.41) is 15.9. The lowest BCUT2D eigenvalue weighted by Crippen LogP contribution is -2.48. The molecule has 32 heavy (non-hydrogen) atoms. The molecule has 6 rings (SSSR count). The minimum Gasteiger partial charge on any atom is -0.323 e. The van der Waals surface area contributed by atoms with Crippen LogP contribution in [0.3, 0.4) is 0 Å². The summed E-state index contributed by atoms with van der Waals surface area (Å²) >= 11 is 1.47. The number of rotatable bonds is 8. The van der Waals surface area contributed by atoms with E-state index in [-0.39, 0.29) is 17.9 Å². The minimum atomic E-state index is -0.880. The molecule has 0 unspecified atom stereocenters. The molecule has 0 atom stereocenters. The van der Waals surface area contributed by atoms with Crippen LogP contribution in [0.25, 0.3) is 0 Å². The number of nitrogens with zero attached hydrogens (tertiary/aromatic N) is 3. The van der Waals surface area contributed by atoms with Gasteiger partial charge in [-0.3, -0.25) is 19.8 Å². The molecule has 2 N–H and O–H groups in total. The standard InChI is InChI=1S/C23H33N5O3S/c1-3-5-23(6-4-2)19(30)28(21(31)25-23)13-17(29)24-20-27-26-18(32-20)22-10-14-7-15(11-22)9-16(8-14)12-22/h14-16H,3-13H2,1-2H3,(H,25,31)(H,24,27,29). The lowest BCUT2D eigenvalue weighted by molar-refractivity contribution is -0.134. The second-order valence-electron chi connectivity index (χ2n) is 10.6. The molecule has 1 aromatic rings. The van der Waals surface area contributed by atoms with Gasteiger partial charge >= 0.3 is 6.03 Å². The van der Waals surface area contributed by atoms with Crippen molar-refractivity contribution in [1.29, 1.82) is 0 Å². The largest absolute Gasteiger partial charge is 0.325 e. The number of carbonyl (C=O) groups is 3. The summed E-state index contributed by atoms with van der Waals surface area (Å²) in [6.07, 6.45) is 10.4. The summed E-state index contributed by atoms with van der Waals surface area (Å²) in [4.78, 5) is 39.2. The quantitative estimate of drug-likeness (QED) is 0.575. The number of aromatic nitrogens is 2. The van der Waals surface area contributed by atoms with Crippen LogP contribution < -0.4 is 10.6 Å². The van der Waals surface area contributed by atoms with E-state index in [4.69, 9.17) is 0 Å². The number of hydrogen-bond acceptors (Lipinski definition) is 6. The number of urea groups is 1. The van der Waals surface area contributed by atoms with Crippen LogP contribution in [0, 0.1) is 17.8 Å². The van der Waals surface area contributed by atoms with Crippen molar-refractivity contribution in [2.45, 2.75) is 89.0 Å². The Morgan fingerprint density at radius 2 is 1.66 bits per heavy atom. The minimum absolute atomic E-state index is 0.139. The van der Waals surface area contributed by atoms with Gasteiger partial charge in [0.25, 0.3) is 5.91 Å². The van der Waals surface area contributed by atoms with E-state index >= 15 is 0 Å². The first-order valence-electron chi connectivity index (χ1n) is 12.1. The second kappa shape index (κ2) is 8.08. The highest BCUT2D eigenvalue weighted by atomic mass is 32.1. The van der Waals surface area contributed by atoms with E-state index in [1.807, 2.05) is 13.8 Å². The third-order valence-corrected chi connectivity index (χ3v) is 9.15. The zero-order valence-electron chi connectivity index (χ0n) is 19.0. The maximum atomic E-state index is 13.0. The maximum absolute atomic E-state index is 13.0. The van der Waals surface area contributed by atoms with Crippen LogP contribution in [-0.4, -0.2) is 45.0 Å². The van der Waals surface area contributed by atoms with Crippen LogP contribution in [0.2, 0.25) is 0 Å². The van der Waals surface area contributed by atoms with Crippen LogP contribution >= 0.6 is 11.3 Å². The van der Waals surface area contributed by atoms with Gasteiger partial charge in [0.2, 0.25) is 11.0 Å². The highest BCUT2D eigenvalue weighted by Crippen LogP contribution is 2.61. The third kappa shape index (κ3) is 3.62. The Bertz CT molecular complexity index is 887. The number of nitrogens with one attached hydrogen (secondary N) is 2. The van der Waals surface area contributed by atoms with Crippen molar-refractivity contribution in [3.63, 3.8) is 0 Å². The first kappa shape index (κ1) is 21.8.